The average molecular weight is 693 g/mol. The fourth-order valence-electron chi connectivity index (χ4n) is 5.35. The van der Waals surface area contributed by atoms with Crippen LogP contribution in [0.1, 0.15) is 14.5 Å². The molecule has 0 radical (unpaired) electrons. The number of carbonyl (C=O) groups excluding carboxylic acids is 1. The van der Waals surface area contributed by atoms with Gasteiger partial charge in [-0.1, -0.05) is 84.9 Å². The number of benzene rings is 4. The van der Waals surface area contributed by atoms with Gasteiger partial charge in [0.2, 0.25) is 0 Å². The maximum Gasteiger partial charge on any atom is 0.308 e. The fourth-order valence-corrected chi connectivity index (χ4v) is 7.25. The number of hydrogen-bond acceptors (Lipinski definition) is 8. The van der Waals surface area contributed by atoms with Crippen LogP contribution < -0.4 is 9.47 Å². The minimum Gasteiger partial charge on any atom is -0.481 e. The number of carboxylic acids is 1. The molecule has 0 unspecified atom stereocenters. The Morgan fingerprint density at radius 2 is 1.06 bits per heavy atom. The molecule has 0 spiro atoms. The third-order valence-electron chi connectivity index (χ3n) is 7.71. The van der Waals surface area contributed by atoms with Crippen molar-refractivity contribution >= 4 is 55.1 Å². The first-order chi connectivity index (χ1) is 24.5. The molecule has 0 amide bonds. The lowest BCUT2D eigenvalue weighted by molar-refractivity contribution is -0.136. The molecule has 8 aromatic rings. The summed E-state index contributed by atoms with van der Waals surface area (Å²) in [6, 6.07) is 39.9. The number of ether oxygens (including phenoxy) is 2. The lowest BCUT2D eigenvalue weighted by Gasteiger charge is -2.08. The molecule has 0 aliphatic carbocycles. The molecule has 1 N–H and O–H groups in total. The predicted molar refractivity (Wildman–Crippen MR) is 200 cm³/mol. The third-order valence-corrected chi connectivity index (χ3v) is 9.77. The SMILES string of the molecule is O=C(O)Cc1cc2c(Oc3ccc(-c4ccccc4)cc3)cncc2s1.O=Cc1cc2c(Oc3ccc(-c4ccccc4)cc3)cncc2s1. The zero-order valence-electron chi connectivity index (χ0n) is 26.4. The molecule has 4 aromatic carbocycles. The Kier molecular flexibility index (Phi) is 9.68. The first kappa shape index (κ1) is 32.4. The number of aromatic nitrogens is 2. The molecule has 244 valence electrons. The highest BCUT2D eigenvalue weighted by Gasteiger charge is 2.12. The monoisotopic (exact) mass is 692 g/mol. The van der Waals surface area contributed by atoms with Crippen LogP contribution in [0.2, 0.25) is 0 Å². The van der Waals surface area contributed by atoms with Crippen LogP contribution in [0.4, 0.5) is 0 Å². The van der Waals surface area contributed by atoms with Gasteiger partial charge in [-0.25, -0.2) is 0 Å². The van der Waals surface area contributed by atoms with Crippen LogP contribution in [0.15, 0.2) is 146 Å². The van der Waals surface area contributed by atoms with Crippen LogP contribution >= 0.6 is 22.7 Å². The minimum atomic E-state index is -0.844. The highest BCUT2D eigenvalue weighted by atomic mass is 32.1. The van der Waals surface area contributed by atoms with Crippen molar-refractivity contribution < 1.29 is 24.2 Å². The van der Waals surface area contributed by atoms with E-state index in [0.29, 0.717) is 22.1 Å². The second-order valence-corrected chi connectivity index (χ2v) is 13.4. The van der Waals surface area contributed by atoms with E-state index in [0.717, 1.165) is 53.8 Å². The summed E-state index contributed by atoms with van der Waals surface area (Å²) in [5, 5.41) is 10.8. The van der Waals surface area contributed by atoms with Gasteiger partial charge in [0.15, 0.2) is 17.8 Å². The van der Waals surface area contributed by atoms with Crippen LogP contribution in [-0.4, -0.2) is 27.3 Å². The van der Waals surface area contributed by atoms with Crippen LogP contribution in [-0.2, 0) is 11.2 Å². The number of carbonyl (C=O) groups is 2. The Morgan fingerprint density at radius 1 is 0.600 bits per heavy atom. The Bertz CT molecular complexity index is 2390. The second kappa shape index (κ2) is 14.9. The van der Waals surface area contributed by atoms with Gasteiger partial charge in [0, 0.05) is 28.0 Å². The number of aldehydes is 1. The van der Waals surface area contributed by atoms with E-state index in [9.17, 15) is 9.59 Å². The molecule has 8 rings (SSSR count). The minimum absolute atomic E-state index is 0.00452. The summed E-state index contributed by atoms with van der Waals surface area (Å²) >= 11 is 2.84. The highest BCUT2D eigenvalue weighted by Crippen LogP contribution is 2.36. The zero-order chi connectivity index (χ0) is 34.3. The number of thiophene rings is 2. The molecule has 0 bridgehead atoms. The van der Waals surface area contributed by atoms with Crippen molar-refractivity contribution in [3.8, 4) is 45.3 Å². The first-order valence-corrected chi connectivity index (χ1v) is 17.2. The van der Waals surface area contributed by atoms with Crippen LogP contribution in [0.5, 0.6) is 23.0 Å². The largest absolute Gasteiger partial charge is 0.481 e. The smallest absolute Gasteiger partial charge is 0.308 e. The number of fused-ring (bicyclic) bond motifs is 2. The van der Waals surface area contributed by atoms with Gasteiger partial charge in [0.1, 0.15) is 11.5 Å². The van der Waals surface area contributed by atoms with Crippen molar-refractivity contribution in [3.05, 3.63) is 156 Å². The maximum absolute atomic E-state index is 11.0. The van der Waals surface area contributed by atoms with E-state index >= 15 is 0 Å². The average Bonchev–Trinajstić information content (AvgIpc) is 3.78. The van der Waals surface area contributed by atoms with E-state index in [-0.39, 0.29) is 6.42 Å². The summed E-state index contributed by atoms with van der Waals surface area (Å²) in [4.78, 5) is 31.7. The normalized spacial score (nSPS) is 10.7. The fraction of sp³-hybridized carbons (Fsp3) is 0.0244. The quantitative estimate of drug-likeness (QED) is 0.150. The van der Waals surface area contributed by atoms with Gasteiger partial charge in [-0.2, -0.15) is 0 Å². The molecule has 9 heteroatoms. The van der Waals surface area contributed by atoms with Gasteiger partial charge in [0.25, 0.3) is 0 Å². The van der Waals surface area contributed by atoms with Crippen molar-refractivity contribution in [1.82, 2.24) is 9.97 Å². The van der Waals surface area contributed by atoms with E-state index in [4.69, 9.17) is 14.6 Å². The van der Waals surface area contributed by atoms with E-state index < -0.39 is 5.97 Å². The Morgan fingerprint density at radius 3 is 1.54 bits per heavy atom. The molecule has 0 aliphatic heterocycles. The third kappa shape index (κ3) is 7.60. The summed E-state index contributed by atoms with van der Waals surface area (Å²) in [6.45, 7) is 0. The molecule has 4 aromatic heterocycles. The predicted octanol–water partition coefficient (Wildman–Crippen LogP) is 11.0. The number of pyridine rings is 2. The maximum atomic E-state index is 11.0. The lowest BCUT2D eigenvalue weighted by Crippen LogP contribution is -1.96. The van der Waals surface area contributed by atoms with E-state index in [1.807, 2.05) is 97.1 Å². The number of aliphatic carboxylic acids is 1. The molecule has 0 saturated heterocycles. The van der Waals surface area contributed by atoms with Gasteiger partial charge in [-0.05, 0) is 58.7 Å². The Labute approximate surface area is 295 Å². The molecule has 50 heavy (non-hydrogen) atoms. The number of nitrogens with zero attached hydrogens (tertiary/aromatic N) is 2. The molecule has 4 heterocycles. The second-order valence-electron chi connectivity index (χ2n) is 11.1. The topological polar surface area (TPSA) is 98.6 Å². The van der Waals surface area contributed by atoms with Gasteiger partial charge in [-0.15, -0.1) is 22.7 Å². The van der Waals surface area contributed by atoms with Crippen molar-refractivity contribution in [1.29, 1.82) is 0 Å². The van der Waals surface area contributed by atoms with E-state index in [2.05, 4.69) is 34.2 Å². The Hall–Kier alpha value is -6.16. The van der Waals surface area contributed by atoms with Crippen LogP contribution in [0.25, 0.3) is 42.4 Å². The Balaban J connectivity index is 0.000000157. The summed E-state index contributed by atoms with van der Waals surface area (Å²) < 4.78 is 13.8. The summed E-state index contributed by atoms with van der Waals surface area (Å²) in [5.74, 6) is 1.89. The molecule has 0 saturated carbocycles. The van der Waals surface area contributed by atoms with Crippen molar-refractivity contribution in [2.45, 2.75) is 6.42 Å². The molecular weight excluding hydrogens is 665 g/mol. The van der Waals surface area contributed by atoms with Gasteiger partial charge < -0.3 is 14.6 Å². The summed E-state index contributed by atoms with van der Waals surface area (Å²) in [5.41, 5.74) is 4.58. The van der Waals surface area contributed by atoms with Crippen LogP contribution in [0.3, 0.4) is 0 Å². The van der Waals surface area contributed by atoms with Crippen molar-refractivity contribution in [2.24, 2.45) is 0 Å². The highest BCUT2D eigenvalue weighted by molar-refractivity contribution is 7.20. The van der Waals surface area contributed by atoms with Crippen molar-refractivity contribution in [2.75, 3.05) is 0 Å². The van der Waals surface area contributed by atoms with Gasteiger partial charge >= 0.3 is 5.97 Å². The molecular formula is C41H28N2O5S2. The first-order valence-electron chi connectivity index (χ1n) is 15.6. The van der Waals surface area contributed by atoms with Crippen molar-refractivity contribution in [3.63, 3.8) is 0 Å². The number of hydrogen-bond donors (Lipinski definition) is 1. The number of carboxylic acid groups (broad SMARTS) is 1. The lowest BCUT2D eigenvalue weighted by atomic mass is 10.1. The van der Waals surface area contributed by atoms with E-state index in [1.54, 1.807) is 24.8 Å². The summed E-state index contributed by atoms with van der Waals surface area (Å²) in [7, 11) is 0. The molecule has 0 fully saturated rings. The zero-order valence-corrected chi connectivity index (χ0v) is 28.1. The van der Waals surface area contributed by atoms with Gasteiger partial charge in [0.05, 0.1) is 33.1 Å². The summed E-state index contributed by atoms with van der Waals surface area (Å²) in [6.07, 6.45) is 7.67. The molecule has 0 atom stereocenters. The van der Waals surface area contributed by atoms with E-state index in [1.165, 1.54) is 28.2 Å². The standard InChI is InChI=1S/C21H15NO3S.C20H13NO2S/c23-21(24)11-17-10-18-19(12-22-13-20(18)26-17)25-16-8-6-15(7-9-16)14-4-2-1-3-5-14;22-13-17-10-18-19(11-21-12-20(18)24-17)23-16-8-6-15(7-9-16)14-4-2-1-3-5-14/h1-10,12-13H,11H2,(H,23,24);1-13H. The molecule has 0 aliphatic rings. The van der Waals surface area contributed by atoms with Crippen LogP contribution in [0, 0.1) is 0 Å². The van der Waals surface area contributed by atoms with Gasteiger partial charge in [-0.3, -0.25) is 19.6 Å². The number of rotatable bonds is 9. The molecule has 7 nitrogen and oxygen atoms in total.